The molecule has 2 unspecified atom stereocenters. The summed E-state index contributed by atoms with van der Waals surface area (Å²) in [7, 11) is -3.78. The second-order valence-electron chi connectivity index (χ2n) is 10.8. The van der Waals surface area contributed by atoms with E-state index >= 15 is 0 Å². The number of hydrogen-bond acceptors (Lipinski definition) is 5. The van der Waals surface area contributed by atoms with Gasteiger partial charge in [-0.05, 0) is 76.0 Å². The smallest absolute Gasteiger partial charge is 0.239 e. The van der Waals surface area contributed by atoms with Gasteiger partial charge in [0.1, 0.15) is 6.17 Å². The molecule has 1 aliphatic heterocycles. The number of hydrogen-bond donors (Lipinski definition) is 2. The summed E-state index contributed by atoms with van der Waals surface area (Å²) in [5.74, 6) is 0.0905. The summed E-state index contributed by atoms with van der Waals surface area (Å²) >= 11 is 0. The van der Waals surface area contributed by atoms with Crippen molar-refractivity contribution < 1.29 is 18.0 Å². The highest BCUT2D eigenvalue weighted by atomic mass is 32.2. The Bertz CT molecular complexity index is 1160. The summed E-state index contributed by atoms with van der Waals surface area (Å²) < 4.78 is 29.5. The largest absolute Gasteiger partial charge is 0.337 e. The maximum atomic E-state index is 14.0. The minimum absolute atomic E-state index is 0.0419. The first kappa shape index (κ1) is 31.2. The number of allylic oxidation sites excluding steroid dienone is 7. The molecule has 39 heavy (non-hydrogen) atoms. The van der Waals surface area contributed by atoms with Crippen LogP contribution in [0.3, 0.4) is 0 Å². The maximum Gasteiger partial charge on any atom is 0.239 e. The number of carbonyl (C=O) groups is 2. The first-order valence-corrected chi connectivity index (χ1v) is 16.2. The summed E-state index contributed by atoms with van der Waals surface area (Å²) in [6, 6.07) is 0. The third-order valence-corrected chi connectivity index (χ3v) is 9.65. The van der Waals surface area contributed by atoms with Gasteiger partial charge in [-0.25, -0.2) is 8.42 Å². The van der Waals surface area contributed by atoms with E-state index in [4.69, 9.17) is 0 Å². The number of nitrogens with one attached hydrogen (secondary N) is 2. The standard InChI is InChI=1S/C31H47N3O4S/c1-5-12-25-15-11-16-27(21-28(25)31(32-7-3)33-30(36)6-2)39(37,38)34-18-17-29(35)26(22-34)20-24-14-10-8-9-13-23(4)19-24/h9,13,19-21,24,31-32H,5-8,10-12,14-18,22H2,1-4H3,(H,33,36)/b13-9-,23-19-,26-20+. The first-order valence-electron chi connectivity index (χ1n) is 14.7. The number of rotatable bonds is 10. The van der Waals surface area contributed by atoms with E-state index in [9.17, 15) is 18.0 Å². The van der Waals surface area contributed by atoms with Crippen LogP contribution in [0.2, 0.25) is 0 Å². The molecule has 0 bridgehead atoms. The molecular formula is C31H47N3O4S. The molecule has 3 aliphatic rings. The molecular weight excluding hydrogens is 510 g/mol. The van der Waals surface area contributed by atoms with Gasteiger partial charge in [0.25, 0.3) is 0 Å². The zero-order valence-corrected chi connectivity index (χ0v) is 25.0. The number of sulfonamides is 1. The Labute approximate surface area is 235 Å². The Hall–Kier alpha value is -2.29. The van der Waals surface area contributed by atoms with Crippen molar-refractivity contribution in [2.24, 2.45) is 5.92 Å². The number of Topliss-reactive ketones (excluding diaryl/α,β-unsaturated/α-hetero) is 1. The van der Waals surface area contributed by atoms with E-state index < -0.39 is 16.2 Å². The van der Waals surface area contributed by atoms with E-state index in [1.165, 1.54) is 15.5 Å². The minimum atomic E-state index is -3.78. The van der Waals surface area contributed by atoms with Crippen LogP contribution in [-0.4, -0.2) is 50.2 Å². The Balaban J connectivity index is 1.94. The quantitative estimate of drug-likeness (QED) is 0.275. The predicted molar refractivity (Wildman–Crippen MR) is 158 cm³/mol. The van der Waals surface area contributed by atoms with Crippen molar-refractivity contribution >= 4 is 21.7 Å². The fraction of sp³-hybridized carbons (Fsp3) is 0.613. The third kappa shape index (κ3) is 8.60. The molecule has 0 spiro atoms. The van der Waals surface area contributed by atoms with Crippen molar-refractivity contribution in [2.75, 3.05) is 19.6 Å². The maximum absolute atomic E-state index is 14.0. The normalized spacial score (nSPS) is 25.7. The average Bonchev–Trinajstić information content (AvgIpc) is 3.11. The van der Waals surface area contributed by atoms with Gasteiger partial charge in [-0.2, -0.15) is 4.31 Å². The molecule has 1 amide bonds. The highest BCUT2D eigenvalue weighted by Gasteiger charge is 2.34. The molecule has 3 rings (SSSR count). The van der Waals surface area contributed by atoms with Crippen molar-refractivity contribution in [3.8, 4) is 0 Å². The average molecular weight is 558 g/mol. The van der Waals surface area contributed by atoms with Gasteiger partial charge in [-0.15, -0.1) is 0 Å². The Morgan fingerprint density at radius 3 is 2.69 bits per heavy atom. The molecule has 0 radical (unpaired) electrons. The lowest BCUT2D eigenvalue weighted by Gasteiger charge is -2.29. The van der Waals surface area contributed by atoms with Gasteiger partial charge in [0.05, 0.1) is 4.91 Å². The van der Waals surface area contributed by atoms with Crippen molar-refractivity contribution in [3.63, 3.8) is 0 Å². The molecule has 1 saturated heterocycles. The molecule has 7 nitrogen and oxygen atoms in total. The summed E-state index contributed by atoms with van der Waals surface area (Å²) in [6.45, 7) is 8.92. The number of nitrogens with zero attached hydrogens (tertiary/aromatic N) is 1. The molecule has 216 valence electrons. The molecule has 2 N–H and O–H groups in total. The summed E-state index contributed by atoms with van der Waals surface area (Å²) in [5.41, 5.74) is 3.82. The van der Waals surface area contributed by atoms with Crippen LogP contribution in [0.1, 0.15) is 91.9 Å². The van der Waals surface area contributed by atoms with E-state index in [2.05, 4.69) is 42.7 Å². The summed E-state index contributed by atoms with van der Waals surface area (Å²) in [4.78, 5) is 25.6. The van der Waals surface area contributed by atoms with Crippen LogP contribution in [0.15, 0.2) is 57.6 Å². The fourth-order valence-corrected chi connectivity index (χ4v) is 7.25. The molecule has 0 saturated carbocycles. The molecule has 1 fully saturated rings. The monoisotopic (exact) mass is 557 g/mol. The molecule has 0 aromatic carbocycles. The van der Waals surface area contributed by atoms with Crippen LogP contribution < -0.4 is 10.6 Å². The van der Waals surface area contributed by atoms with Crippen LogP contribution in [0.5, 0.6) is 0 Å². The van der Waals surface area contributed by atoms with Crippen molar-refractivity contribution in [1.29, 1.82) is 0 Å². The second-order valence-corrected chi connectivity index (χ2v) is 12.8. The number of amides is 1. The molecule has 0 aromatic rings. The van der Waals surface area contributed by atoms with Crippen LogP contribution in [0.25, 0.3) is 0 Å². The van der Waals surface area contributed by atoms with Crippen LogP contribution in [0, 0.1) is 5.92 Å². The van der Waals surface area contributed by atoms with Gasteiger partial charge in [-0.3, -0.25) is 14.9 Å². The molecule has 2 atom stereocenters. The fourth-order valence-electron chi connectivity index (χ4n) is 5.60. The van der Waals surface area contributed by atoms with Crippen molar-refractivity contribution in [2.45, 2.75) is 98.1 Å². The highest BCUT2D eigenvalue weighted by molar-refractivity contribution is 7.93. The van der Waals surface area contributed by atoms with Crippen LogP contribution in [0.4, 0.5) is 0 Å². The van der Waals surface area contributed by atoms with Gasteiger partial charge in [0, 0.05) is 31.5 Å². The van der Waals surface area contributed by atoms with Crippen LogP contribution >= 0.6 is 0 Å². The minimum Gasteiger partial charge on any atom is -0.337 e. The van der Waals surface area contributed by atoms with Gasteiger partial charge in [-0.1, -0.05) is 62.6 Å². The molecule has 1 heterocycles. The van der Waals surface area contributed by atoms with E-state index in [0.717, 1.165) is 50.5 Å². The summed E-state index contributed by atoms with van der Waals surface area (Å²) in [6.07, 6.45) is 17.2. The van der Waals surface area contributed by atoms with Gasteiger partial charge in [0.2, 0.25) is 15.9 Å². The van der Waals surface area contributed by atoms with Gasteiger partial charge < -0.3 is 5.32 Å². The van der Waals surface area contributed by atoms with E-state index in [0.29, 0.717) is 29.9 Å². The molecule has 2 aliphatic carbocycles. The zero-order chi connectivity index (χ0) is 28.4. The van der Waals surface area contributed by atoms with E-state index in [1.54, 1.807) is 0 Å². The second kappa shape index (κ2) is 14.9. The SMILES string of the molecule is CCCC1=C(C(NCC)NC(=O)CC)C=C(S(=O)(=O)N2CCC(=O)/C(=C/C3/C=C(C)\C=C/CCC3)C2)CCC1. The third-order valence-electron chi connectivity index (χ3n) is 7.67. The van der Waals surface area contributed by atoms with Crippen molar-refractivity contribution in [1.82, 2.24) is 14.9 Å². The van der Waals surface area contributed by atoms with E-state index in [1.807, 2.05) is 26.0 Å². The predicted octanol–water partition coefficient (Wildman–Crippen LogP) is 5.45. The lowest BCUT2D eigenvalue weighted by molar-refractivity contribution is -0.121. The number of likely N-dealkylation sites (N-methyl/N-ethyl adjacent to an activating group) is 1. The Kier molecular flexibility index (Phi) is 11.9. The van der Waals surface area contributed by atoms with Crippen LogP contribution in [-0.2, 0) is 19.6 Å². The number of ketones is 1. The first-order chi connectivity index (χ1) is 18.7. The number of piperidine rings is 1. The van der Waals surface area contributed by atoms with Crippen molar-refractivity contribution in [3.05, 3.63) is 57.6 Å². The van der Waals surface area contributed by atoms with E-state index in [-0.39, 0.29) is 37.1 Å². The lowest BCUT2D eigenvalue weighted by atomic mass is 9.92. The summed E-state index contributed by atoms with van der Waals surface area (Å²) in [5, 5.41) is 6.40. The molecule has 0 aromatic heterocycles. The molecule has 8 heteroatoms. The lowest BCUT2D eigenvalue weighted by Crippen LogP contribution is -2.46. The van der Waals surface area contributed by atoms with Gasteiger partial charge in [0.15, 0.2) is 5.78 Å². The zero-order valence-electron chi connectivity index (χ0n) is 24.2. The number of carbonyl (C=O) groups excluding carboxylic acids is 2. The highest BCUT2D eigenvalue weighted by Crippen LogP contribution is 2.33. The topological polar surface area (TPSA) is 95.6 Å². The Morgan fingerprint density at radius 2 is 1.97 bits per heavy atom. The van der Waals surface area contributed by atoms with Gasteiger partial charge >= 0.3 is 0 Å². The Morgan fingerprint density at radius 1 is 1.18 bits per heavy atom.